The molecule has 1 fully saturated rings. The molecule has 1 unspecified atom stereocenters. The molecule has 7 heteroatoms. The van der Waals surface area contributed by atoms with Crippen molar-refractivity contribution in [2.45, 2.75) is 12.6 Å². The van der Waals surface area contributed by atoms with Crippen LogP contribution in [0.5, 0.6) is 5.75 Å². The van der Waals surface area contributed by atoms with Crippen LogP contribution >= 0.6 is 0 Å². The van der Waals surface area contributed by atoms with Gasteiger partial charge in [-0.25, -0.2) is 9.97 Å². The summed E-state index contributed by atoms with van der Waals surface area (Å²) in [5.74, 6) is 1.36. The molecule has 3 aromatic carbocycles. The zero-order valence-electron chi connectivity index (χ0n) is 18.9. The van der Waals surface area contributed by atoms with Gasteiger partial charge in [0.25, 0.3) is 0 Å². The summed E-state index contributed by atoms with van der Waals surface area (Å²) in [7, 11) is 0. The highest BCUT2D eigenvalue weighted by atomic mass is 16.3. The third-order valence-corrected chi connectivity index (χ3v) is 6.40. The van der Waals surface area contributed by atoms with E-state index in [4.69, 9.17) is 9.97 Å². The van der Waals surface area contributed by atoms with E-state index < -0.39 is 5.72 Å². The third kappa shape index (κ3) is 3.89. The van der Waals surface area contributed by atoms with Crippen molar-refractivity contribution in [2.24, 2.45) is 0 Å². The second-order valence-corrected chi connectivity index (χ2v) is 8.59. The van der Waals surface area contributed by atoms with E-state index in [2.05, 4.69) is 4.90 Å². The molecule has 0 radical (unpaired) electrons. The molecule has 1 saturated heterocycles. The van der Waals surface area contributed by atoms with Crippen molar-refractivity contribution in [1.82, 2.24) is 14.9 Å². The summed E-state index contributed by atoms with van der Waals surface area (Å²) < 4.78 is 0. The van der Waals surface area contributed by atoms with Crippen LogP contribution < -0.4 is 4.90 Å². The monoisotopic (exact) mass is 454 g/mol. The molecule has 0 amide bonds. The van der Waals surface area contributed by atoms with Crippen LogP contribution in [-0.2, 0) is 10.5 Å². The number of aromatic nitrogens is 2. The number of aromatic hydroxyl groups is 1. The molecule has 2 heterocycles. The van der Waals surface area contributed by atoms with Gasteiger partial charge in [0.15, 0.2) is 12.1 Å². The summed E-state index contributed by atoms with van der Waals surface area (Å²) in [6.07, 6.45) is 0.608. The predicted molar refractivity (Wildman–Crippen MR) is 132 cm³/mol. The lowest BCUT2D eigenvalue weighted by Gasteiger charge is -2.42. The SMILES string of the molecule is Cc1ccc2c(N3CCN(C(O)(C=O)c4ccccc4)CC3)nc(-c3ccccc3O)nc2c1. The zero-order valence-corrected chi connectivity index (χ0v) is 18.9. The number of para-hydroxylation sites is 1. The van der Waals surface area contributed by atoms with Gasteiger partial charge in [-0.1, -0.05) is 48.5 Å². The maximum absolute atomic E-state index is 12.0. The Kier molecular flexibility index (Phi) is 5.73. The van der Waals surface area contributed by atoms with Crippen LogP contribution in [0.1, 0.15) is 11.1 Å². The van der Waals surface area contributed by atoms with Crippen molar-refractivity contribution in [3.8, 4) is 17.1 Å². The Balaban J connectivity index is 1.49. The Morgan fingerprint density at radius 2 is 1.62 bits per heavy atom. The molecule has 0 saturated carbocycles. The van der Waals surface area contributed by atoms with Crippen LogP contribution in [0.25, 0.3) is 22.3 Å². The summed E-state index contributed by atoms with van der Waals surface area (Å²) in [6.45, 7) is 4.12. The molecular weight excluding hydrogens is 428 g/mol. The summed E-state index contributed by atoms with van der Waals surface area (Å²) in [6, 6.07) is 22.1. The maximum atomic E-state index is 12.0. The smallest absolute Gasteiger partial charge is 0.202 e. The molecular formula is C27H26N4O3. The Labute approximate surface area is 197 Å². The quantitative estimate of drug-likeness (QED) is 0.446. The number of aryl methyl sites for hydroxylation is 1. The Hall–Kier alpha value is -3.81. The molecule has 0 aliphatic carbocycles. The fraction of sp³-hybridized carbons (Fsp3) is 0.222. The summed E-state index contributed by atoms with van der Waals surface area (Å²) in [4.78, 5) is 25.5. The van der Waals surface area contributed by atoms with Gasteiger partial charge in [-0.05, 0) is 36.8 Å². The van der Waals surface area contributed by atoms with Crippen LogP contribution in [0, 0.1) is 6.92 Å². The summed E-state index contributed by atoms with van der Waals surface area (Å²) >= 11 is 0. The predicted octanol–water partition coefficient (Wildman–Crippen LogP) is 3.48. The first-order valence-electron chi connectivity index (χ1n) is 11.3. The molecule has 34 heavy (non-hydrogen) atoms. The Morgan fingerprint density at radius 1 is 0.912 bits per heavy atom. The molecule has 4 aromatic rings. The van der Waals surface area contributed by atoms with E-state index in [-0.39, 0.29) is 5.75 Å². The average Bonchev–Trinajstić information content (AvgIpc) is 2.88. The van der Waals surface area contributed by atoms with Gasteiger partial charge in [0.2, 0.25) is 5.72 Å². The lowest BCUT2D eigenvalue weighted by Crippen LogP contribution is -2.56. The molecule has 1 atom stereocenters. The summed E-state index contributed by atoms with van der Waals surface area (Å²) in [5.41, 5.74) is 1.36. The fourth-order valence-electron chi connectivity index (χ4n) is 4.51. The Bertz CT molecular complexity index is 1340. The minimum atomic E-state index is -1.67. The fourth-order valence-corrected chi connectivity index (χ4v) is 4.51. The minimum absolute atomic E-state index is 0.129. The number of carbonyl (C=O) groups excluding carboxylic acids is 1. The number of carbonyl (C=O) groups is 1. The van der Waals surface area contributed by atoms with Gasteiger partial charge >= 0.3 is 0 Å². The molecule has 5 rings (SSSR count). The number of anilines is 1. The highest BCUT2D eigenvalue weighted by Gasteiger charge is 2.38. The number of phenols is 1. The van der Waals surface area contributed by atoms with Crippen molar-refractivity contribution in [1.29, 1.82) is 0 Å². The van der Waals surface area contributed by atoms with Gasteiger partial charge < -0.3 is 15.1 Å². The van der Waals surface area contributed by atoms with Crippen molar-refractivity contribution < 1.29 is 15.0 Å². The van der Waals surface area contributed by atoms with Crippen LogP contribution in [-0.4, -0.2) is 57.5 Å². The molecule has 1 aliphatic rings. The standard InChI is InChI=1S/C27H26N4O3/c1-19-11-12-21-23(17-19)28-25(22-9-5-6-10-24(22)33)29-26(21)30-13-15-31(16-14-30)27(34,18-32)20-7-3-2-4-8-20/h2-12,17-18,33-34H,13-16H2,1H3. The number of aliphatic hydroxyl groups is 1. The van der Waals surface area contributed by atoms with E-state index in [1.165, 1.54) is 0 Å². The van der Waals surface area contributed by atoms with Gasteiger partial charge in [-0.15, -0.1) is 0 Å². The molecule has 0 bridgehead atoms. The average molecular weight is 455 g/mol. The number of aldehydes is 1. The van der Waals surface area contributed by atoms with E-state index in [0.717, 1.165) is 22.3 Å². The second-order valence-electron chi connectivity index (χ2n) is 8.59. The van der Waals surface area contributed by atoms with E-state index in [0.29, 0.717) is 49.4 Å². The molecule has 2 N–H and O–H groups in total. The first-order chi connectivity index (χ1) is 16.5. The van der Waals surface area contributed by atoms with Crippen LogP contribution in [0.15, 0.2) is 72.8 Å². The van der Waals surface area contributed by atoms with Crippen molar-refractivity contribution in [3.05, 3.63) is 83.9 Å². The van der Waals surface area contributed by atoms with Crippen molar-refractivity contribution in [2.75, 3.05) is 31.1 Å². The van der Waals surface area contributed by atoms with E-state index in [9.17, 15) is 15.0 Å². The third-order valence-electron chi connectivity index (χ3n) is 6.40. The van der Waals surface area contributed by atoms with Crippen LogP contribution in [0.4, 0.5) is 5.82 Å². The number of fused-ring (bicyclic) bond motifs is 1. The lowest BCUT2D eigenvalue weighted by atomic mass is 10.0. The van der Waals surface area contributed by atoms with Crippen molar-refractivity contribution >= 4 is 23.0 Å². The first kappa shape index (κ1) is 22.0. The van der Waals surface area contributed by atoms with E-state index in [1.54, 1.807) is 35.2 Å². The van der Waals surface area contributed by atoms with E-state index >= 15 is 0 Å². The van der Waals surface area contributed by atoms with Gasteiger partial charge in [-0.3, -0.25) is 9.69 Å². The number of hydrogen-bond donors (Lipinski definition) is 2. The largest absolute Gasteiger partial charge is 0.507 e. The minimum Gasteiger partial charge on any atom is -0.507 e. The Morgan fingerprint density at radius 3 is 2.32 bits per heavy atom. The molecule has 1 aliphatic heterocycles. The molecule has 7 nitrogen and oxygen atoms in total. The number of piperazine rings is 1. The highest BCUT2D eigenvalue weighted by molar-refractivity contribution is 5.92. The molecule has 1 aromatic heterocycles. The number of phenolic OH excluding ortho intramolecular Hbond substituents is 1. The lowest BCUT2D eigenvalue weighted by molar-refractivity contribution is -0.151. The highest BCUT2D eigenvalue weighted by Crippen LogP contribution is 2.33. The molecule has 172 valence electrons. The van der Waals surface area contributed by atoms with Gasteiger partial charge in [-0.2, -0.15) is 0 Å². The number of benzene rings is 3. The molecule has 0 spiro atoms. The van der Waals surface area contributed by atoms with Crippen molar-refractivity contribution in [3.63, 3.8) is 0 Å². The van der Waals surface area contributed by atoms with Gasteiger partial charge in [0.05, 0.1) is 11.1 Å². The topological polar surface area (TPSA) is 89.8 Å². The van der Waals surface area contributed by atoms with Crippen LogP contribution in [0.3, 0.4) is 0 Å². The van der Waals surface area contributed by atoms with Crippen LogP contribution in [0.2, 0.25) is 0 Å². The van der Waals surface area contributed by atoms with Gasteiger partial charge in [0.1, 0.15) is 11.6 Å². The maximum Gasteiger partial charge on any atom is 0.202 e. The number of hydrogen-bond acceptors (Lipinski definition) is 7. The van der Waals surface area contributed by atoms with Gasteiger partial charge in [0, 0.05) is 37.1 Å². The number of rotatable bonds is 5. The summed E-state index contributed by atoms with van der Waals surface area (Å²) in [5, 5.41) is 22.5. The number of nitrogens with zero attached hydrogens (tertiary/aromatic N) is 4. The van der Waals surface area contributed by atoms with E-state index in [1.807, 2.05) is 49.4 Å². The zero-order chi connectivity index (χ0) is 23.7. The first-order valence-corrected chi connectivity index (χ1v) is 11.3. The normalized spacial score (nSPS) is 16.4. The second kappa shape index (κ2) is 8.85.